The number of hydrogen-bond donors (Lipinski definition) is 2. The lowest BCUT2D eigenvalue weighted by Gasteiger charge is -2.40. The Morgan fingerprint density at radius 1 is 1.31 bits per heavy atom. The lowest BCUT2D eigenvalue weighted by molar-refractivity contribution is 0.267. The largest absolute Gasteiger partial charge is 0.330 e. The molecule has 1 fully saturated rings. The summed E-state index contributed by atoms with van der Waals surface area (Å²) in [5.74, 6) is 0. The van der Waals surface area contributed by atoms with Crippen molar-refractivity contribution in [1.82, 2.24) is 14.1 Å². The van der Waals surface area contributed by atoms with Gasteiger partial charge in [-0.3, -0.25) is 4.40 Å². The van der Waals surface area contributed by atoms with E-state index in [1.807, 2.05) is 24.3 Å². The minimum atomic E-state index is -3.79. The van der Waals surface area contributed by atoms with Crippen molar-refractivity contribution >= 4 is 61.9 Å². The van der Waals surface area contributed by atoms with E-state index in [1.165, 1.54) is 15.7 Å². The van der Waals surface area contributed by atoms with Gasteiger partial charge in [-0.2, -0.15) is 0 Å². The SMILES string of the molecule is Cl.NCC1(c2cccc(Cl)c2)CCC(NS(=O)(=O)c2c(Cl)nc3sccn23)CC1. The van der Waals surface area contributed by atoms with Crippen LogP contribution < -0.4 is 10.5 Å². The Kier molecular flexibility index (Phi) is 6.85. The molecule has 1 aliphatic carbocycles. The van der Waals surface area contributed by atoms with Gasteiger partial charge in [-0.05, 0) is 43.4 Å². The van der Waals surface area contributed by atoms with Crippen molar-refractivity contribution in [3.8, 4) is 0 Å². The number of sulfonamides is 1. The fourth-order valence-corrected chi connectivity index (χ4v) is 6.92. The summed E-state index contributed by atoms with van der Waals surface area (Å²) in [6.45, 7) is 0.497. The number of rotatable bonds is 5. The second-order valence-electron chi connectivity index (χ2n) is 7.15. The molecule has 0 saturated heterocycles. The van der Waals surface area contributed by atoms with Crippen molar-refractivity contribution in [2.45, 2.75) is 42.2 Å². The maximum absolute atomic E-state index is 12.9. The quantitative estimate of drug-likeness (QED) is 0.554. The number of imidazole rings is 1. The van der Waals surface area contributed by atoms with E-state index in [0.29, 0.717) is 29.4 Å². The summed E-state index contributed by atoms with van der Waals surface area (Å²) in [6, 6.07) is 7.60. The Morgan fingerprint density at radius 3 is 2.69 bits per heavy atom. The van der Waals surface area contributed by atoms with Crippen LogP contribution in [0.15, 0.2) is 40.9 Å². The molecule has 1 aliphatic rings. The molecule has 3 aromatic rings. The van der Waals surface area contributed by atoms with E-state index in [9.17, 15) is 8.42 Å². The van der Waals surface area contributed by atoms with Crippen molar-refractivity contribution in [3.05, 3.63) is 51.6 Å². The molecule has 29 heavy (non-hydrogen) atoms. The number of halogens is 3. The highest BCUT2D eigenvalue weighted by molar-refractivity contribution is 7.89. The molecule has 4 rings (SSSR count). The van der Waals surface area contributed by atoms with Gasteiger partial charge in [-0.15, -0.1) is 23.7 Å². The highest BCUT2D eigenvalue weighted by Gasteiger charge is 2.38. The summed E-state index contributed by atoms with van der Waals surface area (Å²) in [5, 5.41) is 2.45. The van der Waals surface area contributed by atoms with Crippen molar-refractivity contribution in [1.29, 1.82) is 0 Å². The molecule has 1 saturated carbocycles. The maximum atomic E-state index is 12.9. The van der Waals surface area contributed by atoms with Gasteiger partial charge in [0, 0.05) is 34.6 Å². The molecule has 0 radical (unpaired) electrons. The molecule has 0 spiro atoms. The third-order valence-corrected chi connectivity index (χ3v) is 8.44. The van der Waals surface area contributed by atoms with E-state index in [1.54, 1.807) is 11.6 Å². The molecule has 3 N–H and O–H groups in total. The van der Waals surface area contributed by atoms with Gasteiger partial charge < -0.3 is 5.73 Å². The number of hydrogen-bond acceptors (Lipinski definition) is 5. The molecular weight excluding hydrogens is 475 g/mol. The monoisotopic (exact) mass is 494 g/mol. The number of thiazole rings is 1. The third-order valence-electron chi connectivity index (χ3n) is 5.53. The van der Waals surface area contributed by atoms with E-state index in [-0.39, 0.29) is 34.0 Å². The topological polar surface area (TPSA) is 89.5 Å². The fraction of sp³-hybridized carbons (Fsp3) is 0.389. The number of aromatic nitrogens is 2. The van der Waals surface area contributed by atoms with Crippen molar-refractivity contribution in [2.75, 3.05) is 6.54 Å². The predicted molar refractivity (Wildman–Crippen MR) is 120 cm³/mol. The lowest BCUT2D eigenvalue weighted by Crippen LogP contribution is -2.45. The van der Waals surface area contributed by atoms with Gasteiger partial charge in [0.25, 0.3) is 10.0 Å². The Labute approximate surface area is 189 Å². The molecule has 2 aromatic heterocycles. The van der Waals surface area contributed by atoms with Gasteiger partial charge in [0.15, 0.2) is 15.1 Å². The average molecular weight is 496 g/mol. The average Bonchev–Trinajstić information content (AvgIpc) is 3.22. The van der Waals surface area contributed by atoms with Crippen molar-refractivity contribution in [2.24, 2.45) is 5.73 Å². The summed E-state index contributed by atoms with van der Waals surface area (Å²) >= 11 is 13.6. The first-order valence-electron chi connectivity index (χ1n) is 8.94. The predicted octanol–water partition coefficient (Wildman–Crippen LogP) is 4.24. The lowest BCUT2D eigenvalue weighted by atomic mass is 9.68. The first-order chi connectivity index (χ1) is 13.3. The van der Waals surface area contributed by atoms with Crippen LogP contribution in [0.25, 0.3) is 4.96 Å². The van der Waals surface area contributed by atoms with Crippen LogP contribution in [0.4, 0.5) is 0 Å². The van der Waals surface area contributed by atoms with Gasteiger partial charge >= 0.3 is 0 Å². The molecule has 158 valence electrons. The van der Waals surface area contributed by atoms with Gasteiger partial charge in [-0.25, -0.2) is 18.1 Å². The summed E-state index contributed by atoms with van der Waals surface area (Å²) < 4.78 is 30.2. The Hall–Kier alpha value is -0.870. The van der Waals surface area contributed by atoms with Gasteiger partial charge in [0.1, 0.15) is 0 Å². The van der Waals surface area contributed by atoms with Gasteiger partial charge in [-0.1, -0.05) is 35.3 Å². The first kappa shape index (κ1) is 22.8. The normalized spacial score (nSPS) is 22.5. The minimum absolute atomic E-state index is 0. The standard InChI is InChI=1S/C18H20Cl2N4O2S2.ClH/c19-13-3-1-2-12(10-13)18(11-21)6-4-14(5-7-18)23-28(25,26)16-15(20)22-17-24(16)8-9-27-17;/h1-3,8-10,14,23H,4-7,11,21H2;1H. The van der Waals surface area contributed by atoms with E-state index in [4.69, 9.17) is 28.9 Å². The summed E-state index contributed by atoms with van der Waals surface area (Å²) in [5.41, 5.74) is 7.07. The number of benzene rings is 1. The van der Waals surface area contributed by atoms with E-state index in [2.05, 4.69) is 9.71 Å². The Balaban J connectivity index is 0.00000240. The number of nitrogens with zero attached hydrogens (tertiary/aromatic N) is 2. The Morgan fingerprint density at radius 2 is 2.03 bits per heavy atom. The van der Waals surface area contributed by atoms with Gasteiger partial charge in [0.2, 0.25) is 0 Å². The summed E-state index contributed by atoms with van der Waals surface area (Å²) in [4.78, 5) is 4.67. The first-order valence-corrected chi connectivity index (χ1v) is 12.1. The van der Waals surface area contributed by atoms with Crippen LogP contribution in [0, 0.1) is 0 Å². The van der Waals surface area contributed by atoms with E-state index < -0.39 is 10.0 Å². The van der Waals surface area contributed by atoms with E-state index in [0.717, 1.165) is 18.4 Å². The van der Waals surface area contributed by atoms with Crippen LogP contribution >= 0.6 is 46.9 Å². The maximum Gasteiger partial charge on any atom is 0.260 e. The zero-order valence-corrected chi connectivity index (χ0v) is 19.3. The number of nitrogens with two attached hydrogens (primary N) is 1. The Bertz CT molecular complexity index is 1110. The molecule has 0 amide bonds. The van der Waals surface area contributed by atoms with Crippen molar-refractivity contribution in [3.63, 3.8) is 0 Å². The van der Waals surface area contributed by atoms with Gasteiger partial charge in [0.05, 0.1) is 0 Å². The smallest absolute Gasteiger partial charge is 0.260 e. The molecule has 11 heteroatoms. The van der Waals surface area contributed by atoms with Crippen LogP contribution in [-0.2, 0) is 15.4 Å². The van der Waals surface area contributed by atoms with Crippen LogP contribution in [0.1, 0.15) is 31.2 Å². The van der Waals surface area contributed by atoms with Crippen molar-refractivity contribution < 1.29 is 8.42 Å². The van der Waals surface area contributed by atoms with Crippen LogP contribution in [0.5, 0.6) is 0 Å². The summed E-state index contributed by atoms with van der Waals surface area (Å²) in [7, 11) is -3.79. The molecule has 0 atom stereocenters. The minimum Gasteiger partial charge on any atom is -0.330 e. The van der Waals surface area contributed by atoms with E-state index >= 15 is 0 Å². The molecule has 0 bridgehead atoms. The zero-order chi connectivity index (χ0) is 19.9. The molecule has 6 nitrogen and oxygen atoms in total. The zero-order valence-electron chi connectivity index (χ0n) is 15.3. The molecule has 1 aromatic carbocycles. The highest BCUT2D eigenvalue weighted by Crippen LogP contribution is 2.40. The second kappa shape index (κ2) is 8.70. The molecule has 2 heterocycles. The third kappa shape index (κ3) is 4.30. The van der Waals surface area contributed by atoms with Crippen LogP contribution in [-0.4, -0.2) is 30.4 Å². The molecule has 0 aliphatic heterocycles. The molecular formula is C18H21Cl3N4O2S2. The fourth-order valence-electron chi connectivity index (χ4n) is 3.97. The number of nitrogens with one attached hydrogen (secondary N) is 1. The van der Waals surface area contributed by atoms with Crippen LogP contribution in [0.2, 0.25) is 10.2 Å². The molecule has 0 unspecified atom stereocenters. The second-order valence-corrected chi connectivity index (χ2v) is 10.5. The van der Waals surface area contributed by atoms with Crippen LogP contribution in [0.3, 0.4) is 0 Å². The summed E-state index contributed by atoms with van der Waals surface area (Å²) in [6.07, 6.45) is 4.60. The number of fused-ring (bicyclic) bond motifs is 1. The highest BCUT2D eigenvalue weighted by atomic mass is 35.5.